The molecule has 5 nitrogen and oxygen atoms in total. The number of nitrogens with zero attached hydrogens (tertiary/aromatic N) is 1. The lowest BCUT2D eigenvalue weighted by Gasteiger charge is -2.18. The van der Waals surface area contributed by atoms with E-state index < -0.39 is 0 Å². The number of H-pyrrole nitrogens is 1. The second-order valence-electron chi connectivity index (χ2n) is 7.89. The molecule has 0 unspecified atom stereocenters. The molecular weight excluding hydrogens is 420 g/mol. The quantitative estimate of drug-likeness (QED) is 0.440. The Morgan fingerprint density at radius 1 is 0.969 bits per heavy atom. The van der Waals surface area contributed by atoms with Gasteiger partial charge in [0.25, 0.3) is 5.91 Å². The van der Waals surface area contributed by atoms with Crippen molar-refractivity contribution in [3.63, 3.8) is 0 Å². The van der Waals surface area contributed by atoms with Crippen LogP contribution in [0, 0.1) is 6.92 Å². The fourth-order valence-corrected chi connectivity index (χ4v) is 4.42. The van der Waals surface area contributed by atoms with Crippen LogP contribution in [-0.4, -0.2) is 27.9 Å². The number of aromatic nitrogens is 1. The van der Waals surface area contributed by atoms with Crippen molar-refractivity contribution in [2.75, 3.05) is 7.05 Å². The van der Waals surface area contributed by atoms with Crippen LogP contribution in [0.1, 0.15) is 31.9 Å². The molecule has 0 aliphatic heterocycles. The number of carbonyl (C=O) groups excluding carboxylic acids is 1. The lowest BCUT2D eigenvalue weighted by Crippen LogP contribution is -2.26. The van der Waals surface area contributed by atoms with Gasteiger partial charge >= 0.3 is 4.87 Å². The van der Waals surface area contributed by atoms with Gasteiger partial charge in [-0.2, -0.15) is 0 Å². The maximum Gasteiger partial charge on any atom is 0.307 e. The summed E-state index contributed by atoms with van der Waals surface area (Å²) in [4.78, 5) is 28.6. The highest BCUT2D eigenvalue weighted by molar-refractivity contribution is 7.09. The molecule has 0 atom stereocenters. The summed E-state index contributed by atoms with van der Waals surface area (Å²) >= 11 is 1.03. The third-order valence-electron chi connectivity index (χ3n) is 5.31. The topological polar surface area (TPSA) is 73.4 Å². The van der Waals surface area contributed by atoms with Crippen molar-refractivity contribution in [1.29, 1.82) is 0 Å². The number of rotatable bonds is 6. The monoisotopic (exact) mass is 444 g/mol. The number of aromatic amines is 1. The van der Waals surface area contributed by atoms with E-state index in [2.05, 4.69) is 11.1 Å². The van der Waals surface area contributed by atoms with Crippen LogP contribution in [0.25, 0.3) is 11.1 Å². The predicted molar refractivity (Wildman–Crippen MR) is 128 cm³/mol. The van der Waals surface area contributed by atoms with Crippen molar-refractivity contribution in [2.45, 2.75) is 19.9 Å². The summed E-state index contributed by atoms with van der Waals surface area (Å²) in [6.45, 7) is 2.50. The molecule has 6 heteroatoms. The van der Waals surface area contributed by atoms with E-state index in [4.69, 9.17) is 0 Å². The summed E-state index contributed by atoms with van der Waals surface area (Å²) in [5.74, 6) is -0.0557. The minimum Gasteiger partial charge on any atom is -0.494 e. The standard InChI is InChI=1S/C26H24N2O3S/c1-17-5-3-8-22(13-17)25(30)28(2)16-19-6-4-7-21(14-19)20-11-9-18(10-12-20)15-23-24(29)27-26(31)32-23/h3-14,29H,15-16H2,1-2H3,(H,27,31). The summed E-state index contributed by atoms with van der Waals surface area (Å²) in [6.07, 6.45) is 0.501. The highest BCUT2D eigenvalue weighted by Gasteiger charge is 2.13. The van der Waals surface area contributed by atoms with Crippen molar-refractivity contribution in [3.8, 4) is 17.0 Å². The van der Waals surface area contributed by atoms with Gasteiger partial charge in [0.2, 0.25) is 5.88 Å². The molecule has 0 saturated carbocycles. The molecule has 3 aromatic carbocycles. The highest BCUT2D eigenvalue weighted by atomic mass is 32.1. The number of hydrogen-bond acceptors (Lipinski definition) is 4. The number of benzene rings is 3. The molecule has 0 radical (unpaired) electrons. The predicted octanol–water partition coefficient (Wildman–Crippen LogP) is 4.98. The third-order valence-corrected chi connectivity index (χ3v) is 6.18. The molecule has 2 N–H and O–H groups in total. The van der Waals surface area contributed by atoms with E-state index in [1.54, 1.807) is 4.90 Å². The molecule has 0 saturated heterocycles. The van der Waals surface area contributed by atoms with Crippen LogP contribution in [-0.2, 0) is 13.0 Å². The molecular formula is C26H24N2O3S. The SMILES string of the molecule is Cc1cccc(C(=O)N(C)Cc2cccc(-c3ccc(Cc4sc(=O)[nH]c4O)cc3)c2)c1. The molecule has 1 amide bonds. The van der Waals surface area contributed by atoms with E-state index in [-0.39, 0.29) is 16.7 Å². The smallest absolute Gasteiger partial charge is 0.307 e. The minimum absolute atomic E-state index is 0.00114. The first-order valence-electron chi connectivity index (χ1n) is 10.3. The third kappa shape index (κ3) is 4.98. The van der Waals surface area contributed by atoms with Gasteiger partial charge in [0.15, 0.2) is 0 Å². The van der Waals surface area contributed by atoms with E-state index in [0.717, 1.165) is 39.2 Å². The van der Waals surface area contributed by atoms with Gasteiger partial charge in [-0.05, 0) is 47.4 Å². The van der Waals surface area contributed by atoms with Crippen molar-refractivity contribution in [1.82, 2.24) is 9.88 Å². The number of thiazole rings is 1. The van der Waals surface area contributed by atoms with Crippen LogP contribution in [0.15, 0.2) is 77.6 Å². The fraction of sp³-hybridized carbons (Fsp3) is 0.154. The van der Waals surface area contributed by atoms with Crippen molar-refractivity contribution >= 4 is 17.2 Å². The van der Waals surface area contributed by atoms with Gasteiger partial charge < -0.3 is 10.0 Å². The maximum absolute atomic E-state index is 12.8. The van der Waals surface area contributed by atoms with Gasteiger partial charge in [0, 0.05) is 25.6 Å². The Morgan fingerprint density at radius 2 is 1.72 bits per heavy atom. The number of carbonyl (C=O) groups is 1. The minimum atomic E-state index is -0.253. The number of aryl methyl sites for hydroxylation is 1. The molecule has 162 valence electrons. The zero-order valence-electron chi connectivity index (χ0n) is 18.0. The molecule has 0 aliphatic rings. The molecule has 4 aromatic rings. The average Bonchev–Trinajstić information content (AvgIpc) is 3.10. The lowest BCUT2D eigenvalue weighted by molar-refractivity contribution is 0.0785. The Hall–Kier alpha value is -3.64. The summed E-state index contributed by atoms with van der Waals surface area (Å²) in [6, 6.07) is 23.9. The van der Waals surface area contributed by atoms with Gasteiger partial charge in [-0.1, -0.05) is 71.5 Å². The first-order chi connectivity index (χ1) is 15.4. The summed E-state index contributed by atoms with van der Waals surface area (Å²) in [5.41, 5.74) is 5.96. The van der Waals surface area contributed by atoms with Crippen LogP contribution < -0.4 is 4.87 Å². The van der Waals surface area contributed by atoms with Crippen LogP contribution in [0.5, 0.6) is 5.88 Å². The Bertz CT molecular complexity index is 1310. The van der Waals surface area contributed by atoms with Crippen LogP contribution in [0.4, 0.5) is 0 Å². The molecule has 4 rings (SSSR count). The number of amides is 1. The number of aromatic hydroxyl groups is 1. The second-order valence-corrected chi connectivity index (χ2v) is 8.96. The number of hydrogen-bond donors (Lipinski definition) is 2. The Labute approximate surface area is 190 Å². The normalized spacial score (nSPS) is 10.8. The van der Waals surface area contributed by atoms with Crippen molar-refractivity contribution in [2.24, 2.45) is 0 Å². The molecule has 1 heterocycles. The average molecular weight is 445 g/mol. The molecule has 32 heavy (non-hydrogen) atoms. The first-order valence-corrected chi connectivity index (χ1v) is 11.1. The van der Waals surface area contributed by atoms with Crippen LogP contribution >= 0.6 is 11.3 Å². The highest BCUT2D eigenvalue weighted by Crippen LogP contribution is 2.25. The van der Waals surface area contributed by atoms with Gasteiger partial charge in [-0.3, -0.25) is 14.6 Å². The molecule has 0 spiro atoms. The van der Waals surface area contributed by atoms with Gasteiger partial charge in [-0.15, -0.1) is 0 Å². The maximum atomic E-state index is 12.8. The fourth-order valence-electron chi connectivity index (χ4n) is 3.67. The van der Waals surface area contributed by atoms with Gasteiger partial charge in [0.1, 0.15) is 0 Å². The zero-order valence-corrected chi connectivity index (χ0v) is 18.8. The van der Waals surface area contributed by atoms with E-state index >= 15 is 0 Å². The Balaban J connectivity index is 1.47. The zero-order chi connectivity index (χ0) is 22.7. The van der Waals surface area contributed by atoms with E-state index in [9.17, 15) is 14.7 Å². The summed E-state index contributed by atoms with van der Waals surface area (Å²) in [7, 11) is 1.82. The molecule has 0 aliphatic carbocycles. The first kappa shape index (κ1) is 21.6. The second kappa shape index (κ2) is 9.24. The largest absolute Gasteiger partial charge is 0.494 e. The van der Waals surface area contributed by atoms with E-state index in [1.807, 2.05) is 80.7 Å². The van der Waals surface area contributed by atoms with Crippen molar-refractivity contribution < 1.29 is 9.90 Å². The summed E-state index contributed by atoms with van der Waals surface area (Å²) in [5, 5.41) is 9.78. The Morgan fingerprint density at radius 3 is 2.41 bits per heavy atom. The molecule has 0 bridgehead atoms. The molecule has 0 fully saturated rings. The van der Waals surface area contributed by atoms with E-state index in [1.165, 1.54) is 0 Å². The van der Waals surface area contributed by atoms with Crippen LogP contribution in [0.3, 0.4) is 0 Å². The van der Waals surface area contributed by atoms with Crippen molar-refractivity contribution in [3.05, 3.63) is 110 Å². The lowest BCUT2D eigenvalue weighted by atomic mass is 10.0. The van der Waals surface area contributed by atoms with Gasteiger partial charge in [0.05, 0.1) is 4.88 Å². The van der Waals surface area contributed by atoms with Crippen LogP contribution in [0.2, 0.25) is 0 Å². The summed E-state index contributed by atoms with van der Waals surface area (Å²) < 4.78 is 0. The number of nitrogens with one attached hydrogen (secondary N) is 1. The van der Waals surface area contributed by atoms with Gasteiger partial charge in [-0.25, -0.2) is 0 Å². The molecule has 1 aromatic heterocycles. The Kier molecular flexibility index (Phi) is 6.23. The van der Waals surface area contributed by atoms with E-state index in [0.29, 0.717) is 23.4 Å².